The molecule has 0 spiro atoms. The first-order valence-corrected chi connectivity index (χ1v) is 4.12. The summed E-state index contributed by atoms with van der Waals surface area (Å²) in [7, 11) is 3.29. The van der Waals surface area contributed by atoms with E-state index >= 15 is 0 Å². The minimum atomic E-state index is 0.779. The number of benzene rings is 1. The predicted octanol–water partition coefficient (Wildman–Crippen LogP) is 2.58. The Balaban J connectivity index is 2.67. The van der Waals surface area contributed by atoms with Gasteiger partial charge in [0.25, 0.3) is 0 Å². The molecule has 2 rings (SSSR count). The highest BCUT2D eigenvalue weighted by Crippen LogP contribution is 2.32. The van der Waals surface area contributed by atoms with Crippen LogP contribution in [0.1, 0.15) is 0 Å². The second-order valence-electron chi connectivity index (χ2n) is 2.86. The lowest BCUT2D eigenvalue weighted by molar-refractivity contribution is 0.356. The van der Waals surface area contributed by atoms with Crippen LogP contribution in [0.2, 0.25) is 0 Å². The molecule has 0 aliphatic heterocycles. The Morgan fingerprint density at radius 3 is 2.46 bits per heavy atom. The molecule has 0 N–H and O–H groups in total. The maximum atomic E-state index is 5.19. The zero-order chi connectivity index (χ0) is 9.26. The van der Waals surface area contributed by atoms with E-state index in [2.05, 4.69) is 12.1 Å². The van der Waals surface area contributed by atoms with E-state index in [-0.39, 0.29) is 0 Å². The molecule has 0 aliphatic carbocycles. The first-order chi connectivity index (χ1) is 6.35. The summed E-state index contributed by atoms with van der Waals surface area (Å²) >= 11 is 0. The van der Waals surface area contributed by atoms with Crippen molar-refractivity contribution in [1.82, 2.24) is 0 Å². The van der Waals surface area contributed by atoms with E-state index in [0.717, 1.165) is 11.5 Å². The quantitative estimate of drug-likeness (QED) is 0.653. The second kappa shape index (κ2) is 3.05. The minimum Gasteiger partial charge on any atom is -0.503 e. The van der Waals surface area contributed by atoms with Crippen LogP contribution in [0, 0.1) is 0 Å². The van der Waals surface area contributed by atoms with Gasteiger partial charge in [-0.05, 0) is 0 Å². The number of hydrogen-bond acceptors (Lipinski definition) is 2. The van der Waals surface area contributed by atoms with E-state index < -0.39 is 0 Å². The van der Waals surface area contributed by atoms with Crippen molar-refractivity contribution in [1.29, 1.82) is 0 Å². The molecule has 0 aromatic heterocycles. The summed E-state index contributed by atoms with van der Waals surface area (Å²) in [5.41, 5.74) is 0. The van der Waals surface area contributed by atoms with Crippen molar-refractivity contribution < 1.29 is 9.47 Å². The second-order valence-corrected chi connectivity index (χ2v) is 2.86. The molecule has 0 saturated heterocycles. The van der Waals surface area contributed by atoms with Crippen LogP contribution in [0.5, 0.6) is 11.5 Å². The summed E-state index contributed by atoms with van der Waals surface area (Å²) in [6, 6.07) is 10.1. The fourth-order valence-electron chi connectivity index (χ4n) is 1.45. The Bertz CT molecular complexity index is 377. The van der Waals surface area contributed by atoms with Crippen LogP contribution in [0.15, 0.2) is 30.3 Å². The fourth-order valence-corrected chi connectivity index (χ4v) is 1.45. The van der Waals surface area contributed by atoms with E-state index in [1.165, 1.54) is 10.8 Å². The van der Waals surface area contributed by atoms with Gasteiger partial charge in [0.15, 0.2) is 0 Å². The van der Waals surface area contributed by atoms with Gasteiger partial charge in [-0.15, -0.1) is 16.8 Å². The largest absolute Gasteiger partial charge is 0.503 e. The molecular weight excluding hydrogens is 164 g/mol. The molecule has 0 saturated carbocycles. The Morgan fingerprint density at radius 1 is 1.08 bits per heavy atom. The van der Waals surface area contributed by atoms with Crippen molar-refractivity contribution >= 4 is 10.8 Å². The first kappa shape index (κ1) is 8.05. The molecule has 0 radical (unpaired) electrons. The Morgan fingerprint density at radius 2 is 1.77 bits per heavy atom. The molecule has 0 atom stereocenters. The van der Waals surface area contributed by atoms with Crippen molar-refractivity contribution in [2.45, 2.75) is 0 Å². The number of rotatable bonds is 2. The third-order valence-corrected chi connectivity index (χ3v) is 2.14. The van der Waals surface area contributed by atoms with Gasteiger partial charge in [0.05, 0.1) is 14.2 Å². The molecule has 0 fully saturated rings. The number of ether oxygens (including phenoxy) is 2. The third kappa shape index (κ3) is 1.24. The van der Waals surface area contributed by atoms with Crippen LogP contribution in [-0.2, 0) is 0 Å². The number of hydrogen-bond donors (Lipinski definition) is 0. The van der Waals surface area contributed by atoms with Crippen molar-refractivity contribution in [3.63, 3.8) is 0 Å². The van der Waals surface area contributed by atoms with Crippen LogP contribution in [0.4, 0.5) is 0 Å². The molecule has 2 aromatic rings. The standard InChI is InChI=1S/C11H11O2/c1-12-10-6-8-4-3-5-9(8)7-11(10)13-2/h3-7H,1-2H3/q-1. The summed E-state index contributed by atoms with van der Waals surface area (Å²) in [5, 5.41) is 2.36. The Hall–Kier alpha value is -1.57. The summed E-state index contributed by atoms with van der Waals surface area (Å²) in [5.74, 6) is 1.56. The van der Waals surface area contributed by atoms with Gasteiger partial charge < -0.3 is 9.47 Å². The topological polar surface area (TPSA) is 18.5 Å². The van der Waals surface area contributed by atoms with Gasteiger partial charge in [-0.2, -0.15) is 12.1 Å². The maximum Gasteiger partial charge on any atom is 0.141 e. The van der Waals surface area contributed by atoms with Crippen LogP contribution >= 0.6 is 0 Å². The van der Waals surface area contributed by atoms with Gasteiger partial charge >= 0.3 is 0 Å². The van der Waals surface area contributed by atoms with Crippen LogP contribution in [0.25, 0.3) is 10.8 Å². The molecule has 2 heteroatoms. The monoisotopic (exact) mass is 175 g/mol. The van der Waals surface area contributed by atoms with Crippen LogP contribution < -0.4 is 9.47 Å². The zero-order valence-corrected chi connectivity index (χ0v) is 7.70. The molecule has 0 heterocycles. The average Bonchev–Trinajstić information content (AvgIpc) is 2.62. The van der Waals surface area contributed by atoms with Gasteiger partial charge in [0.1, 0.15) is 11.5 Å². The summed E-state index contributed by atoms with van der Waals surface area (Å²) in [6.45, 7) is 0. The molecule has 0 bridgehead atoms. The van der Waals surface area contributed by atoms with Gasteiger partial charge in [-0.1, -0.05) is 12.1 Å². The highest BCUT2D eigenvalue weighted by atomic mass is 16.5. The summed E-state index contributed by atoms with van der Waals surface area (Å²) in [4.78, 5) is 0. The molecule has 2 aromatic carbocycles. The Kier molecular flexibility index (Phi) is 1.89. The maximum absolute atomic E-state index is 5.19. The molecular formula is C11H11O2-. The summed E-state index contributed by atoms with van der Waals surface area (Å²) < 4.78 is 10.4. The van der Waals surface area contributed by atoms with Gasteiger partial charge in [-0.25, -0.2) is 0 Å². The van der Waals surface area contributed by atoms with E-state index in [9.17, 15) is 0 Å². The lowest BCUT2D eigenvalue weighted by Gasteiger charge is -2.11. The van der Waals surface area contributed by atoms with E-state index in [1.54, 1.807) is 14.2 Å². The third-order valence-electron chi connectivity index (χ3n) is 2.14. The molecule has 2 nitrogen and oxygen atoms in total. The fraction of sp³-hybridized carbons (Fsp3) is 0.182. The highest BCUT2D eigenvalue weighted by molar-refractivity contribution is 5.87. The van der Waals surface area contributed by atoms with Gasteiger partial charge in [0.2, 0.25) is 0 Å². The normalized spacial score (nSPS) is 10.3. The molecule has 13 heavy (non-hydrogen) atoms. The molecule has 0 unspecified atom stereocenters. The van der Waals surface area contributed by atoms with Crippen LogP contribution in [0.3, 0.4) is 0 Å². The zero-order valence-electron chi connectivity index (χ0n) is 7.70. The highest BCUT2D eigenvalue weighted by Gasteiger charge is 1.99. The Labute approximate surface area is 77.1 Å². The number of fused-ring (bicyclic) bond motifs is 1. The minimum absolute atomic E-state index is 0.779. The molecule has 68 valence electrons. The van der Waals surface area contributed by atoms with Crippen LogP contribution in [-0.4, -0.2) is 14.2 Å². The van der Waals surface area contributed by atoms with E-state index in [1.807, 2.05) is 18.2 Å². The first-order valence-electron chi connectivity index (χ1n) is 4.12. The van der Waals surface area contributed by atoms with Gasteiger partial charge in [0, 0.05) is 0 Å². The average molecular weight is 175 g/mol. The van der Waals surface area contributed by atoms with Gasteiger partial charge in [-0.3, -0.25) is 0 Å². The van der Waals surface area contributed by atoms with Crippen molar-refractivity contribution in [3.8, 4) is 11.5 Å². The smallest absolute Gasteiger partial charge is 0.141 e. The van der Waals surface area contributed by atoms with Crippen molar-refractivity contribution in [2.24, 2.45) is 0 Å². The molecule has 0 amide bonds. The van der Waals surface area contributed by atoms with E-state index in [0.29, 0.717) is 0 Å². The van der Waals surface area contributed by atoms with E-state index in [4.69, 9.17) is 9.47 Å². The lowest BCUT2D eigenvalue weighted by Crippen LogP contribution is -1.89. The summed E-state index contributed by atoms with van der Waals surface area (Å²) in [6.07, 6.45) is 0. The lowest BCUT2D eigenvalue weighted by atomic mass is 10.2. The van der Waals surface area contributed by atoms with Crippen molar-refractivity contribution in [3.05, 3.63) is 30.3 Å². The predicted molar refractivity (Wildman–Crippen MR) is 52.6 cm³/mol. The SMILES string of the molecule is COc1cc2cc[cH-]c2cc1OC. The molecule has 0 aliphatic rings. The van der Waals surface area contributed by atoms with Crippen molar-refractivity contribution in [2.75, 3.05) is 14.2 Å². The number of methoxy groups -OCH3 is 2.